The molecule has 1 saturated carbocycles. The molecule has 3 aliphatic rings. The van der Waals surface area contributed by atoms with Gasteiger partial charge in [0, 0.05) is 30.8 Å². The number of pyridine rings is 1. The van der Waals surface area contributed by atoms with Crippen molar-refractivity contribution in [3.63, 3.8) is 0 Å². The van der Waals surface area contributed by atoms with Crippen molar-refractivity contribution in [3.8, 4) is 0 Å². The highest BCUT2D eigenvalue weighted by atomic mass is 32.2. The number of benzene rings is 1. The Kier molecular flexibility index (Phi) is 6.35. The molecule has 37 heavy (non-hydrogen) atoms. The summed E-state index contributed by atoms with van der Waals surface area (Å²) in [6.45, 7) is 14.6. The minimum absolute atomic E-state index is 0.0569. The third-order valence-corrected chi connectivity index (χ3v) is 8.98. The quantitative estimate of drug-likeness (QED) is 0.518. The molecule has 3 heterocycles. The molecule has 0 radical (unpaired) electrons. The van der Waals surface area contributed by atoms with E-state index in [9.17, 15) is 9.18 Å². The molecule has 5 rings (SSSR count). The van der Waals surface area contributed by atoms with Crippen molar-refractivity contribution >= 4 is 40.4 Å². The summed E-state index contributed by atoms with van der Waals surface area (Å²) < 4.78 is 29.5. The maximum Gasteiger partial charge on any atom is 0.239 e. The highest BCUT2D eigenvalue weighted by Crippen LogP contribution is 2.66. The van der Waals surface area contributed by atoms with Gasteiger partial charge in [-0.15, -0.1) is 0 Å². The van der Waals surface area contributed by atoms with Crippen LogP contribution in [0.2, 0.25) is 0 Å². The molecule has 6 nitrogen and oxygen atoms in total. The van der Waals surface area contributed by atoms with Gasteiger partial charge in [-0.25, -0.2) is 13.6 Å². The topological polar surface area (TPSA) is 75.9 Å². The molecule has 2 fully saturated rings. The summed E-state index contributed by atoms with van der Waals surface area (Å²) >= 11 is 1.30. The van der Waals surface area contributed by atoms with Crippen LogP contribution in [0, 0.1) is 30.1 Å². The van der Waals surface area contributed by atoms with Crippen LogP contribution in [0.4, 0.5) is 14.5 Å². The number of thioether (sulfide) groups is 1. The summed E-state index contributed by atoms with van der Waals surface area (Å²) in [6.07, 6.45) is 4.23. The first kappa shape index (κ1) is 25.4. The van der Waals surface area contributed by atoms with E-state index < -0.39 is 21.9 Å². The van der Waals surface area contributed by atoms with Gasteiger partial charge in [-0.2, -0.15) is 0 Å². The van der Waals surface area contributed by atoms with E-state index in [1.54, 1.807) is 6.07 Å². The lowest BCUT2D eigenvalue weighted by atomic mass is 9.84. The molecular formula is C28H29F2N5OS. The molecule has 2 aliphatic heterocycles. The zero-order valence-electron chi connectivity index (χ0n) is 21.0. The molecule has 0 bridgehead atoms. The SMILES string of the molecule is [C-]#[N+]c1ccc(/C(F)=C/c2ccc(F)c([C@@]3(C)N=C(N)S[C@@]4(C(=O)N5CC(C)CC(C)C5)C[C@H]43)c2)nc1. The van der Waals surface area contributed by atoms with Gasteiger partial charge in [-0.05, 0) is 61.4 Å². The van der Waals surface area contributed by atoms with Crippen LogP contribution >= 0.6 is 11.8 Å². The van der Waals surface area contributed by atoms with Crippen molar-refractivity contribution in [2.75, 3.05) is 13.1 Å². The number of aliphatic imine (C=N–C) groups is 1. The van der Waals surface area contributed by atoms with Crippen molar-refractivity contribution in [1.82, 2.24) is 9.88 Å². The second-order valence-corrected chi connectivity index (χ2v) is 12.1. The van der Waals surface area contributed by atoms with Crippen LogP contribution in [0.1, 0.15) is 50.4 Å². The average molecular weight is 522 g/mol. The van der Waals surface area contributed by atoms with Crippen LogP contribution in [0.3, 0.4) is 0 Å². The third-order valence-electron chi connectivity index (χ3n) is 7.69. The summed E-state index contributed by atoms with van der Waals surface area (Å²) in [6, 6.07) is 7.28. The molecule has 2 unspecified atom stereocenters. The molecule has 1 saturated heterocycles. The van der Waals surface area contributed by atoms with Gasteiger partial charge in [0.25, 0.3) is 0 Å². The fourth-order valence-electron chi connectivity index (χ4n) is 5.98. The number of likely N-dealkylation sites (tertiary alicyclic amines) is 1. The first-order chi connectivity index (χ1) is 17.6. The molecule has 5 atom stereocenters. The number of nitrogens with two attached hydrogens (primary N) is 1. The summed E-state index contributed by atoms with van der Waals surface area (Å²) in [5.74, 6) is -0.396. The lowest BCUT2D eigenvalue weighted by Gasteiger charge is -2.39. The van der Waals surface area contributed by atoms with Crippen LogP contribution in [-0.2, 0) is 10.3 Å². The number of nitrogens with zero attached hydrogens (tertiary/aromatic N) is 4. The zero-order valence-corrected chi connectivity index (χ0v) is 21.9. The molecule has 192 valence electrons. The van der Waals surface area contributed by atoms with Crippen molar-refractivity contribution in [1.29, 1.82) is 0 Å². The highest BCUT2D eigenvalue weighted by molar-refractivity contribution is 8.15. The largest absolute Gasteiger partial charge is 0.378 e. The van der Waals surface area contributed by atoms with E-state index in [0.717, 1.165) is 6.42 Å². The van der Waals surface area contributed by atoms with Gasteiger partial charge in [0.15, 0.2) is 5.17 Å². The van der Waals surface area contributed by atoms with E-state index in [2.05, 4.69) is 28.7 Å². The summed E-state index contributed by atoms with van der Waals surface area (Å²) in [4.78, 5) is 27.6. The molecule has 1 aromatic carbocycles. The standard InChI is InChI=1S/C28H29F2N5OS/c1-16-9-17(2)15-35(14-16)25(36)28-12-24(28)27(3,34-26(31)37-28)20-10-18(5-7-21(20)29)11-22(30)23-8-6-19(32-4)13-33-23/h5-8,10-11,13,16-17,24H,9,12,14-15H2,1-3H3,(H2,31,34)/b22-11-/t16?,17?,24-,27+,28-/m0/s1. The van der Waals surface area contributed by atoms with Gasteiger partial charge in [-0.1, -0.05) is 37.7 Å². The Bertz CT molecular complexity index is 1340. The van der Waals surface area contributed by atoms with Gasteiger partial charge in [-0.3, -0.25) is 14.8 Å². The minimum Gasteiger partial charge on any atom is -0.378 e. The summed E-state index contributed by atoms with van der Waals surface area (Å²) in [7, 11) is 0. The predicted octanol–water partition coefficient (Wildman–Crippen LogP) is 5.78. The Morgan fingerprint density at radius 3 is 2.65 bits per heavy atom. The molecule has 1 aromatic heterocycles. The fourth-order valence-corrected chi connectivity index (χ4v) is 7.43. The van der Waals surface area contributed by atoms with Crippen LogP contribution in [0.15, 0.2) is 41.5 Å². The number of piperidine rings is 1. The molecule has 0 spiro atoms. The van der Waals surface area contributed by atoms with Gasteiger partial charge in [0.1, 0.15) is 16.4 Å². The number of carbonyl (C=O) groups is 1. The van der Waals surface area contributed by atoms with Crippen LogP contribution in [0.25, 0.3) is 16.7 Å². The average Bonchev–Trinajstić information content (AvgIpc) is 3.60. The molecule has 9 heteroatoms. The van der Waals surface area contributed by atoms with Crippen molar-refractivity contribution in [2.24, 2.45) is 28.5 Å². The first-order valence-electron chi connectivity index (χ1n) is 12.4. The Labute approximate surface area is 219 Å². The number of hydrogen-bond donors (Lipinski definition) is 1. The van der Waals surface area contributed by atoms with Crippen molar-refractivity contribution in [3.05, 3.63) is 70.6 Å². The smallest absolute Gasteiger partial charge is 0.239 e. The van der Waals surface area contributed by atoms with E-state index in [1.807, 2.05) is 11.8 Å². The molecule has 1 amide bonds. The predicted molar refractivity (Wildman–Crippen MR) is 143 cm³/mol. The maximum absolute atomic E-state index is 15.3. The fraction of sp³-hybridized carbons (Fsp3) is 0.429. The van der Waals surface area contributed by atoms with Gasteiger partial charge < -0.3 is 10.6 Å². The van der Waals surface area contributed by atoms with Gasteiger partial charge in [0.2, 0.25) is 11.6 Å². The van der Waals surface area contributed by atoms with E-state index in [1.165, 1.54) is 48.3 Å². The number of halogens is 2. The van der Waals surface area contributed by atoms with Crippen molar-refractivity contribution < 1.29 is 13.6 Å². The van der Waals surface area contributed by atoms with E-state index in [0.29, 0.717) is 42.6 Å². The van der Waals surface area contributed by atoms with E-state index in [4.69, 9.17) is 12.3 Å². The Hall–Kier alpha value is -3.25. The van der Waals surface area contributed by atoms with Gasteiger partial charge in [0.05, 0.1) is 17.8 Å². The number of carbonyl (C=O) groups excluding carboxylic acids is 1. The van der Waals surface area contributed by atoms with Gasteiger partial charge >= 0.3 is 0 Å². The second kappa shape index (κ2) is 9.25. The number of amidine groups is 1. The number of rotatable bonds is 4. The summed E-state index contributed by atoms with van der Waals surface area (Å²) in [5.41, 5.74) is 6.32. The molecular weight excluding hydrogens is 492 g/mol. The Balaban J connectivity index is 1.46. The normalized spacial score (nSPS) is 31.2. The van der Waals surface area contributed by atoms with E-state index in [-0.39, 0.29) is 28.3 Å². The minimum atomic E-state index is -1.06. The van der Waals surface area contributed by atoms with Crippen LogP contribution in [-0.4, -0.2) is 38.8 Å². The maximum atomic E-state index is 15.3. The number of hydrogen-bond acceptors (Lipinski definition) is 5. The zero-order chi connectivity index (χ0) is 26.5. The van der Waals surface area contributed by atoms with Crippen molar-refractivity contribution in [2.45, 2.75) is 43.9 Å². The van der Waals surface area contributed by atoms with Crippen LogP contribution in [0.5, 0.6) is 0 Å². The Morgan fingerprint density at radius 2 is 2.00 bits per heavy atom. The molecule has 2 N–H and O–H groups in total. The summed E-state index contributed by atoms with van der Waals surface area (Å²) in [5, 5.41) is 0.262. The number of aromatic nitrogens is 1. The third kappa shape index (κ3) is 4.52. The Morgan fingerprint density at radius 1 is 1.27 bits per heavy atom. The molecule has 1 aliphatic carbocycles. The lowest BCUT2D eigenvalue weighted by molar-refractivity contribution is -0.134. The number of fused-ring (bicyclic) bond motifs is 1. The number of amides is 1. The molecule has 2 aromatic rings. The lowest BCUT2D eigenvalue weighted by Crippen LogP contribution is -2.50. The van der Waals surface area contributed by atoms with E-state index >= 15 is 4.39 Å². The highest BCUT2D eigenvalue weighted by Gasteiger charge is 2.71. The monoisotopic (exact) mass is 521 g/mol. The second-order valence-electron chi connectivity index (χ2n) is 10.7. The first-order valence-corrected chi connectivity index (χ1v) is 13.2. The van der Waals surface area contributed by atoms with Crippen LogP contribution < -0.4 is 5.73 Å².